The van der Waals surface area contributed by atoms with Crippen LogP contribution in [0.5, 0.6) is 11.5 Å². The number of nitrogens with zero attached hydrogens (tertiary/aromatic N) is 1. The fourth-order valence-corrected chi connectivity index (χ4v) is 2.17. The van der Waals surface area contributed by atoms with Gasteiger partial charge in [-0.1, -0.05) is 0 Å². The van der Waals surface area contributed by atoms with Gasteiger partial charge in [0, 0.05) is 11.1 Å². The van der Waals surface area contributed by atoms with Crippen molar-refractivity contribution in [2.75, 3.05) is 17.4 Å². The fourth-order valence-electron chi connectivity index (χ4n) is 2.17. The molecule has 0 fully saturated rings. The van der Waals surface area contributed by atoms with Gasteiger partial charge in [-0.15, -0.1) is 0 Å². The highest BCUT2D eigenvalue weighted by Crippen LogP contribution is 2.32. The van der Waals surface area contributed by atoms with Crippen LogP contribution in [0, 0.1) is 0 Å². The van der Waals surface area contributed by atoms with Crippen molar-refractivity contribution in [3.05, 3.63) is 42.1 Å². The number of pyridine rings is 1. The maximum absolute atomic E-state index is 12.3. The van der Waals surface area contributed by atoms with Crippen molar-refractivity contribution in [2.24, 2.45) is 0 Å². The Labute approximate surface area is 134 Å². The van der Waals surface area contributed by atoms with Gasteiger partial charge in [-0.25, -0.2) is 4.98 Å². The van der Waals surface area contributed by atoms with Crippen molar-refractivity contribution < 1.29 is 14.3 Å². The Bertz CT molecular complexity index is 721. The molecule has 0 unspecified atom stereocenters. The summed E-state index contributed by atoms with van der Waals surface area (Å²) in [6.07, 6.45) is 1.62. The monoisotopic (exact) mass is 313 g/mol. The molecular weight excluding hydrogens is 294 g/mol. The summed E-state index contributed by atoms with van der Waals surface area (Å²) >= 11 is 0. The predicted octanol–water partition coefficient (Wildman–Crippen LogP) is 3.27. The Morgan fingerprint density at radius 3 is 2.61 bits per heavy atom. The van der Waals surface area contributed by atoms with E-state index in [0.717, 1.165) is 5.82 Å². The molecule has 6 nitrogen and oxygen atoms in total. The van der Waals surface area contributed by atoms with Crippen LogP contribution >= 0.6 is 0 Å². The first-order chi connectivity index (χ1) is 10.9. The lowest BCUT2D eigenvalue weighted by molar-refractivity contribution is 0.102. The van der Waals surface area contributed by atoms with Crippen LogP contribution in [0.15, 0.2) is 36.5 Å². The summed E-state index contributed by atoms with van der Waals surface area (Å²) in [7, 11) is 0. The molecule has 1 aliphatic heterocycles. The second kappa shape index (κ2) is 5.79. The molecule has 1 aromatic heterocycles. The maximum Gasteiger partial charge on any atom is 0.255 e. The van der Waals surface area contributed by atoms with Gasteiger partial charge in [0.2, 0.25) is 6.79 Å². The molecule has 2 aromatic rings. The van der Waals surface area contributed by atoms with Crippen LogP contribution in [-0.4, -0.2) is 23.2 Å². The van der Waals surface area contributed by atoms with E-state index in [-0.39, 0.29) is 18.2 Å². The van der Waals surface area contributed by atoms with Crippen LogP contribution in [0.25, 0.3) is 0 Å². The zero-order valence-corrected chi connectivity index (χ0v) is 13.3. The number of carbonyl (C=O) groups is 1. The third-order valence-corrected chi connectivity index (χ3v) is 3.16. The third kappa shape index (κ3) is 3.71. The first-order valence-electron chi connectivity index (χ1n) is 7.36. The highest BCUT2D eigenvalue weighted by molar-refractivity contribution is 6.04. The first-order valence-corrected chi connectivity index (χ1v) is 7.36. The van der Waals surface area contributed by atoms with Crippen LogP contribution in [0.4, 0.5) is 11.5 Å². The van der Waals surface area contributed by atoms with Crippen molar-refractivity contribution in [2.45, 2.75) is 26.3 Å². The van der Waals surface area contributed by atoms with Gasteiger partial charge in [-0.05, 0) is 51.1 Å². The number of anilines is 2. The van der Waals surface area contributed by atoms with E-state index in [9.17, 15) is 4.79 Å². The highest BCUT2D eigenvalue weighted by atomic mass is 16.7. The number of ether oxygens (including phenoxy) is 2. The molecule has 3 rings (SSSR count). The van der Waals surface area contributed by atoms with Gasteiger partial charge in [-0.3, -0.25) is 4.79 Å². The molecule has 0 atom stereocenters. The fraction of sp³-hybridized carbons (Fsp3) is 0.294. The average Bonchev–Trinajstić information content (AvgIpc) is 2.95. The molecule has 0 radical (unpaired) electrons. The van der Waals surface area contributed by atoms with Crippen molar-refractivity contribution in [3.63, 3.8) is 0 Å². The summed E-state index contributed by atoms with van der Waals surface area (Å²) in [4.78, 5) is 16.6. The van der Waals surface area contributed by atoms with Crippen LogP contribution in [-0.2, 0) is 0 Å². The topological polar surface area (TPSA) is 72.5 Å². The lowest BCUT2D eigenvalue weighted by atomic mass is 10.1. The van der Waals surface area contributed by atoms with Gasteiger partial charge < -0.3 is 20.1 Å². The number of benzene rings is 1. The molecule has 1 aliphatic rings. The zero-order chi connectivity index (χ0) is 16.4. The largest absolute Gasteiger partial charge is 0.454 e. The van der Waals surface area contributed by atoms with Gasteiger partial charge >= 0.3 is 0 Å². The number of fused-ring (bicyclic) bond motifs is 1. The summed E-state index contributed by atoms with van der Waals surface area (Å²) in [5.41, 5.74) is 1.07. The summed E-state index contributed by atoms with van der Waals surface area (Å²) in [5.74, 6) is 1.78. The third-order valence-electron chi connectivity index (χ3n) is 3.16. The van der Waals surface area contributed by atoms with Crippen LogP contribution < -0.4 is 20.1 Å². The van der Waals surface area contributed by atoms with E-state index in [1.165, 1.54) is 0 Å². The molecule has 23 heavy (non-hydrogen) atoms. The second-order valence-corrected chi connectivity index (χ2v) is 6.33. The Hall–Kier alpha value is -2.76. The van der Waals surface area contributed by atoms with E-state index in [2.05, 4.69) is 36.4 Å². The van der Waals surface area contributed by atoms with E-state index in [0.29, 0.717) is 22.7 Å². The SMILES string of the molecule is CC(C)(C)Nc1ccc(NC(=O)c2ccc3c(c2)OCO3)cn1. The molecule has 0 saturated heterocycles. The van der Waals surface area contributed by atoms with Crippen LogP contribution in [0.3, 0.4) is 0 Å². The Balaban J connectivity index is 1.68. The predicted molar refractivity (Wildman–Crippen MR) is 88.1 cm³/mol. The van der Waals surface area contributed by atoms with E-state index < -0.39 is 0 Å². The Morgan fingerprint density at radius 2 is 1.91 bits per heavy atom. The van der Waals surface area contributed by atoms with Gasteiger partial charge in [-0.2, -0.15) is 0 Å². The summed E-state index contributed by atoms with van der Waals surface area (Å²) in [6, 6.07) is 8.74. The molecule has 0 aliphatic carbocycles. The van der Waals surface area contributed by atoms with Gasteiger partial charge in [0.05, 0.1) is 11.9 Å². The molecule has 0 saturated carbocycles. The van der Waals surface area contributed by atoms with Gasteiger partial charge in [0.1, 0.15) is 5.82 Å². The molecule has 2 heterocycles. The lowest BCUT2D eigenvalue weighted by Crippen LogP contribution is -2.26. The van der Waals surface area contributed by atoms with Gasteiger partial charge in [0.25, 0.3) is 5.91 Å². The molecule has 0 bridgehead atoms. The van der Waals surface area contributed by atoms with E-state index in [4.69, 9.17) is 9.47 Å². The van der Waals surface area contributed by atoms with Crippen LogP contribution in [0.1, 0.15) is 31.1 Å². The lowest BCUT2D eigenvalue weighted by Gasteiger charge is -2.21. The normalized spacial score (nSPS) is 12.8. The number of aromatic nitrogens is 1. The van der Waals surface area contributed by atoms with E-state index in [1.54, 1.807) is 24.4 Å². The van der Waals surface area contributed by atoms with Crippen molar-refractivity contribution >= 4 is 17.4 Å². The Kier molecular flexibility index (Phi) is 3.82. The quantitative estimate of drug-likeness (QED) is 0.910. The number of hydrogen-bond donors (Lipinski definition) is 2. The van der Waals surface area contributed by atoms with Crippen molar-refractivity contribution in [1.82, 2.24) is 4.98 Å². The second-order valence-electron chi connectivity index (χ2n) is 6.33. The minimum absolute atomic E-state index is 0.0652. The molecule has 2 N–H and O–H groups in total. The van der Waals surface area contributed by atoms with Crippen molar-refractivity contribution in [3.8, 4) is 11.5 Å². The first kappa shape index (κ1) is 15.1. The molecule has 6 heteroatoms. The number of nitrogens with one attached hydrogen (secondary N) is 2. The molecule has 1 aromatic carbocycles. The maximum atomic E-state index is 12.3. The minimum Gasteiger partial charge on any atom is -0.454 e. The number of rotatable bonds is 3. The van der Waals surface area contributed by atoms with E-state index >= 15 is 0 Å². The van der Waals surface area contributed by atoms with E-state index in [1.807, 2.05) is 12.1 Å². The molecular formula is C17H19N3O3. The molecule has 1 amide bonds. The molecule has 0 spiro atoms. The minimum atomic E-state index is -0.221. The smallest absolute Gasteiger partial charge is 0.255 e. The Morgan fingerprint density at radius 1 is 1.13 bits per heavy atom. The number of hydrogen-bond acceptors (Lipinski definition) is 5. The average molecular weight is 313 g/mol. The highest BCUT2D eigenvalue weighted by Gasteiger charge is 2.16. The zero-order valence-electron chi connectivity index (χ0n) is 13.3. The summed E-state index contributed by atoms with van der Waals surface area (Å²) < 4.78 is 10.5. The van der Waals surface area contributed by atoms with Gasteiger partial charge in [0.15, 0.2) is 11.5 Å². The van der Waals surface area contributed by atoms with Crippen molar-refractivity contribution in [1.29, 1.82) is 0 Å². The van der Waals surface area contributed by atoms with Crippen LogP contribution in [0.2, 0.25) is 0 Å². The summed E-state index contributed by atoms with van der Waals surface area (Å²) in [5, 5.41) is 6.08. The number of amides is 1. The molecule has 120 valence electrons. The summed E-state index contributed by atoms with van der Waals surface area (Å²) in [6.45, 7) is 6.37. The standard InChI is InChI=1S/C17H19N3O3/c1-17(2,3)20-15-7-5-12(9-18-15)19-16(21)11-4-6-13-14(8-11)23-10-22-13/h4-9H,10H2,1-3H3,(H,18,20)(H,19,21). The number of carbonyl (C=O) groups excluding carboxylic acids is 1.